The fourth-order valence-electron chi connectivity index (χ4n) is 2.01. The summed E-state index contributed by atoms with van der Waals surface area (Å²) in [5.74, 6) is 0.223. The van der Waals surface area contributed by atoms with Crippen LogP contribution in [0.5, 0.6) is 5.75 Å². The zero-order valence-corrected chi connectivity index (χ0v) is 11.6. The van der Waals surface area contributed by atoms with Crippen molar-refractivity contribution in [1.82, 2.24) is 4.90 Å². The molecule has 1 amide bonds. The van der Waals surface area contributed by atoms with Crippen LogP contribution in [0, 0.1) is 0 Å². The van der Waals surface area contributed by atoms with Crippen molar-refractivity contribution in [1.29, 1.82) is 0 Å². The predicted octanol–water partition coefficient (Wildman–Crippen LogP) is 3.48. The number of alkyl halides is 3. The number of halogens is 3. The molecule has 4 nitrogen and oxygen atoms in total. The van der Waals surface area contributed by atoms with Crippen LogP contribution in [0.15, 0.2) is 24.3 Å². The number of benzene rings is 1. The van der Waals surface area contributed by atoms with Crippen LogP contribution in [0.1, 0.15) is 25.3 Å². The fourth-order valence-corrected chi connectivity index (χ4v) is 2.01. The van der Waals surface area contributed by atoms with E-state index in [1.807, 2.05) is 0 Å². The van der Waals surface area contributed by atoms with Crippen molar-refractivity contribution in [2.24, 2.45) is 0 Å². The lowest BCUT2D eigenvalue weighted by Gasteiger charge is -2.37. The van der Waals surface area contributed by atoms with Crippen LogP contribution < -0.4 is 4.74 Å². The standard InChI is InChI=1S/C14H16F3NO3/c1-13(2,14(15,16)17)21-11-5-3-9(4-6-11)10-7-18(8-10)12(19)20/h3-6,10H,7-8H2,1-2H3,(H,19,20). The SMILES string of the molecule is CC(C)(Oc1ccc(C2CN(C(=O)O)C2)cc1)C(F)(F)F. The summed E-state index contributed by atoms with van der Waals surface area (Å²) >= 11 is 0. The van der Waals surface area contributed by atoms with Gasteiger partial charge in [0, 0.05) is 19.0 Å². The second kappa shape index (κ2) is 5.13. The highest BCUT2D eigenvalue weighted by atomic mass is 19.4. The van der Waals surface area contributed by atoms with E-state index in [9.17, 15) is 18.0 Å². The topological polar surface area (TPSA) is 49.8 Å². The Balaban J connectivity index is 1.99. The summed E-state index contributed by atoms with van der Waals surface area (Å²) in [4.78, 5) is 11.9. The Morgan fingerprint density at radius 2 is 1.76 bits per heavy atom. The number of ether oxygens (including phenoxy) is 1. The number of likely N-dealkylation sites (tertiary alicyclic amines) is 1. The van der Waals surface area contributed by atoms with E-state index < -0.39 is 17.9 Å². The highest BCUT2D eigenvalue weighted by Gasteiger charge is 2.49. The summed E-state index contributed by atoms with van der Waals surface area (Å²) < 4.78 is 43.2. The third-order valence-corrected chi connectivity index (χ3v) is 3.56. The number of hydrogen-bond donors (Lipinski definition) is 1. The van der Waals surface area contributed by atoms with Crippen molar-refractivity contribution >= 4 is 6.09 Å². The van der Waals surface area contributed by atoms with Gasteiger partial charge in [0.1, 0.15) is 5.75 Å². The fraction of sp³-hybridized carbons (Fsp3) is 0.500. The average molecular weight is 303 g/mol. The quantitative estimate of drug-likeness (QED) is 0.930. The molecule has 21 heavy (non-hydrogen) atoms. The molecule has 2 rings (SSSR count). The van der Waals surface area contributed by atoms with Gasteiger partial charge < -0.3 is 14.7 Å². The maximum Gasteiger partial charge on any atom is 0.427 e. The second-order valence-electron chi connectivity index (χ2n) is 5.56. The molecule has 116 valence electrons. The maximum absolute atomic E-state index is 12.7. The van der Waals surface area contributed by atoms with E-state index in [0.717, 1.165) is 19.4 Å². The molecule has 1 heterocycles. The van der Waals surface area contributed by atoms with Crippen molar-refractivity contribution in [2.45, 2.75) is 31.5 Å². The van der Waals surface area contributed by atoms with Crippen LogP contribution in [0.3, 0.4) is 0 Å². The van der Waals surface area contributed by atoms with Gasteiger partial charge in [0.25, 0.3) is 0 Å². The van der Waals surface area contributed by atoms with Gasteiger partial charge in [-0.25, -0.2) is 4.79 Å². The highest BCUT2D eigenvalue weighted by Crippen LogP contribution is 2.35. The number of rotatable bonds is 3. The molecule has 0 radical (unpaired) electrons. The van der Waals surface area contributed by atoms with Gasteiger partial charge in [-0.3, -0.25) is 0 Å². The normalized spacial score (nSPS) is 16.5. The minimum Gasteiger partial charge on any atom is -0.478 e. The van der Waals surface area contributed by atoms with E-state index >= 15 is 0 Å². The molecule has 1 saturated heterocycles. The van der Waals surface area contributed by atoms with Gasteiger partial charge in [0.05, 0.1) is 0 Å². The van der Waals surface area contributed by atoms with Crippen molar-refractivity contribution in [3.05, 3.63) is 29.8 Å². The number of amides is 1. The third kappa shape index (κ3) is 3.22. The molecule has 0 atom stereocenters. The Kier molecular flexibility index (Phi) is 3.78. The van der Waals surface area contributed by atoms with E-state index in [2.05, 4.69) is 0 Å². The Morgan fingerprint density at radius 3 is 2.19 bits per heavy atom. The first-order valence-corrected chi connectivity index (χ1v) is 6.44. The van der Waals surface area contributed by atoms with Crippen LogP contribution in [0.2, 0.25) is 0 Å². The molecule has 1 aromatic rings. The molecular formula is C14H16F3NO3. The van der Waals surface area contributed by atoms with Crippen molar-refractivity contribution in [3.8, 4) is 5.75 Å². The van der Waals surface area contributed by atoms with Gasteiger partial charge >= 0.3 is 12.3 Å². The van der Waals surface area contributed by atoms with Crippen LogP contribution in [-0.4, -0.2) is 41.0 Å². The van der Waals surface area contributed by atoms with Crippen LogP contribution >= 0.6 is 0 Å². The average Bonchev–Trinajstić information content (AvgIpc) is 2.27. The van der Waals surface area contributed by atoms with Gasteiger partial charge in [0.2, 0.25) is 0 Å². The minimum absolute atomic E-state index is 0.0887. The Hall–Kier alpha value is -1.92. The molecule has 7 heteroatoms. The first-order valence-electron chi connectivity index (χ1n) is 6.44. The first kappa shape index (κ1) is 15.5. The largest absolute Gasteiger partial charge is 0.478 e. The smallest absolute Gasteiger partial charge is 0.427 e. The number of carboxylic acid groups (broad SMARTS) is 1. The lowest BCUT2D eigenvalue weighted by atomic mass is 9.92. The van der Waals surface area contributed by atoms with Crippen molar-refractivity contribution in [2.75, 3.05) is 13.1 Å². The molecule has 1 aliphatic rings. The zero-order chi connectivity index (χ0) is 15.8. The lowest BCUT2D eigenvalue weighted by molar-refractivity contribution is -0.234. The highest BCUT2D eigenvalue weighted by molar-refractivity contribution is 5.66. The summed E-state index contributed by atoms with van der Waals surface area (Å²) in [6.45, 7) is 2.75. The zero-order valence-electron chi connectivity index (χ0n) is 11.6. The molecule has 1 fully saturated rings. The third-order valence-electron chi connectivity index (χ3n) is 3.56. The molecular weight excluding hydrogens is 287 g/mol. The molecule has 0 spiro atoms. The molecule has 0 saturated carbocycles. The monoisotopic (exact) mass is 303 g/mol. The second-order valence-corrected chi connectivity index (χ2v) is 5.56. The lowest BCUT2D eigenvalue weighted by Crippen LogP contribution is -2.47. The summed E-state index contributed by atoms with van der Waals surface area (Å²) in [5, 5.41) is 8.75. The molecule has 0 aromatic heterocycles. The molecule has 1 aromatic carbocycles. The Bertz CT molecular complexity index is 519. The summed E-state index contributed by atoms with van der Waals surface area (Å²) in [6.07, 6.45) is -5.42. The van der Waals surface area contributed by atoms with Crippen LogP contribution in [0.4, 0.5) is 18.0 Å². The van der Waals surface area contributed by atoms with Gasteiger partial charge in [-0.1, -0.05) is 12.1 Å². The van der Waals surface area contributed by atoms with E-state index in [-0.39, 0.29) is 11.7 Å². The maximum atomic E-state index is 12.7. The van der Waals surface area contributed by atoms with Crippen LogP contribution in [0.25, 0.3) is 0 Å². The molecule has 0 bridgehead atoms. The van der Waals surface area contributed by atoms with E-state index in [1.165, 1.54) is 17.0 Å². The van der Waals surface area contributed by atoms with Gasteiger partial charge in [0.15, 0.2) is 5.60 Å². The summed E-state index contributed by atoms with van der Waals surface area (Å²) in [5.41, 5.74) is -1.37. The van der Waals surface area contributed by atoms with E-state index in [0.29, 0.717) is 13.1 Å². The van der Waals surface area contributed by atoms with E-state index in [1.54, 1.807) is 12.1 Å². The first-order chi connectivity index (χ1) is 9.60. The van der Waals surface area contributed by atoms with Gasteiger partial charge in [-0.2, -0.15) is 13.2 Å². The van der Waals surface area contributed by atoms with Crippen molar-refractivity contribution < 1.29 is 27.8 Å². The summed E-state index contributed by atoms with van der Waals surface area (Å²) in [6, 6.07) is 6.30. The number of carbonyl (C=O) groups is 1. The Morgan fingerprint density at radius 1 is 1.24 bits per heavy atom. The molecule has 1 aliphatic heterocycles. The molecule has 0 unspecified atom stereocenters. The number of nitrogens with zero attached hydrogens (tertiary/aromatic N) is 1. The van der Waals surface area contributed by atoms with E-state index in [4.69, 9.17) is 9.84 Å². The minimum atomic E-state index is -4.46. The summed E-state index contributed by atoms with van der Waals surface area (Å²) in [7, 11) is 0. The molecule has 0 aliphatic carbocycles. The molecule has 1 N–H and O–H groups in total. The van der Waals surface area contributed by atoms with Gasteiger partial charge in [-0.15, -0.1) is 0 Å². The van der Waals surface area contributed by atoms with Crippen molar-refractivity contribution in [3.63, 3.8) is 0 Å². The number of hydrogen-bond acceptors (Lipinski definition) is 2. The van der Waals surface area contributed by atoms with Crippen LogP contribution in [-0.2, 0) is 0 Å². The predicted molar refractivity (Wildman–Crippen MR) is 69.5 cm³/mol. The van der Waals surface area contributed by atoms with Gasteiger partial charge in [-0.05, 0) is 31.5 Å². The Labute approximate surface area is 120 Å².